The van der Waals surface area contributed by atoms with Gasteiger partial charge in [0.05, 0.1) is 23.9 Å². The van der Waals surface area contributed by atoms with Gasteiger partial charge in [-0.15, -0.1) is 0 Å². The first kappa shape index (κ1) is 20.5. The van der Waals surface area contributed by atoms with E-state index < -0.39 is 0 Å². The third-order valence-electron chi connectivity index (χ3n) is 5.55. The molecule has 1 aliphatic heterocycles. The highest BCUT2D eigenvalue weighted by Crippen LogP contribution is 2.25. The van der Waals surface area contributed by atoms with Gasteiger partial charge in [-0.3, -0.25) is 19.9 Å². The number of aromatic amines is 1. The number of benzene rings is 1. The van der Waals surface area contributed by atoms with Crippen LogP contribution in [-0.4, -0.2) is 56.5 Å². The second-order valence-electron chi connectivity index (χ2n) is 7.68. The molecule has 0 radical (unpaired) electrons. The maximum atomic E-state index is 12.8. The molecule has 8 nitrogen and oxygen atoms in total. The van der Waals surface area contributed by atoms with E-state index >= 15 is 0 Å². The van der Waals surface area contributed by atoms with Crippen molar-refractivity contribution in [3.8, 4) is 11.4 Å². The first-order chi connectivity index (χ1) is 14.5. The third kappa shape index (κ3) is 3.94. The van der Waals surface area contributed by atoms with Crippen LogP contribution in [0.5, 0.6) is 5.75 Å². The molecule has 9 heteroatoms. The molecule has 0 unspecified atom stereocenters. The lowest BCUT2D eigenvalue weighted by molar-refractivity contribution is -0.129. The predicted molar refractivity (Wildman–Crippen MR) is 116 cm³/mol. The molecular formula is C21H26N6O2S. The van der Waals surface area contributed by atoms with E-state index in [-0.39, 0.29) is 17.1 Å². The molecule has 4 rings (SSSR count). The Hall–Kier alpha value is -2.81. The zero-order valence-corrected chi connectivity index (χ0v) is 18.3. The maximum absolute atomic E-state index is 12.8. The average Bonchev–Trinajstić information content (AvgIpc) is 3.13. The number of amides is 1. The molecule has 3 heterocycles. The number of ether oxygens (including phenoxy) is 1. The summed E-state index contributed by atoms with van der Waals surface area (Å²) < 4.78 is 7.11. The van der Waals surface area contributed by atoms with Crippen molar-refractivity contribution in [2.45, 2.75) is 31.8 Å². The van der Waals surface area contributed by atoms with Crippen molar-refractivity contribution in [2.24, 2.45) is 5.92 Å². The minimum atomic E-state index is 0.107. The van der Waals surface area contributed by atoms with Gasteiger partial charge in [0.2, 0.25) is 5.91 Å². The molecular weight excluding hydrogens is 400 g/mol. The summed E-state index contributed by atoms with van der Waals surface area (Å²) in [5.41, 5.74) is 2.31. The lowest BCUT2D eigenvalue weighted by Crippen LogP contribution is -2.39. The van der Waals surface area contributed by atoms with Crippen molar-refractivity contribution in [1.82, 2.24) is 24.6 Å². The van der Waals surface area contributed by atoms with Gasteiger partial charge in [-0.25, -0.2) is 4.98 Å². The molecule has 0 atom stereocenters. The number of H-pyrrole nitrogens is 1. The van der Waals surface area contributed by atoms with Gasteiger partial charge in [-0.05, 0) is 37.8 Å². The number of hydrogen-bond donors (Lipinski definition) is 2. The normalized spacial score (nSPS) is 15.0. The second-order valence-corrected chi connectivity index (χ2v) is 8.62. The summed E-state index contributed by atoms with van der Waals surface area (Å²) in [5.74, 6) is 1.75. The Kier molecular flexibility index (Phi) is 5.80. The lowest BCUT2D eigenvalue weighted by Gasteiger charge is -2.30. The van der Waals surface area contributed by atoms with E-state index in [2.05, 4.69) is 22.1 Å². The van der Waals surface area contributed by atoms with Crippen LogP contribution in [0.2, 0.25) is 0 Å². The molecule has 0 saturated carbocycles. The van der Waals surface area contributed by atoms with Crippen molar-refractivity contribution in [2.75, 3.05) is 26.0 Å². The lowest BCUT2D eigenvalue weighted by atomic mass is 9.99. The Morgan fingerprint density at radius 3 is 2.87 bits per heavy atom. The molecule has 1 fully saturated rings. The number of thioether (sulfide) groups is 1. The van der Waals surface area contributed by atoms with E-state index in [1.54, 1.807) is 11.7 Å². The Bertz CT molecular complexity index is 1130. The standard InChI is InChI=1S/C21H26N6O2S/c1-13-7-9-26(10-8-13)17(28)12-30-21-23-20-18(14(2)24-25-20)19(22)27(21)15-5-4-6-16(11-15)29-3/h4-6,11,13,22H,7-10,12H2,1-3H3,(H,24,25). The first-order valence-electron chi connectivity index (χ1n) is 10.0. The quantitative estimate of drug-likeness (QED) is 0.483. The number of rotatable bonds is 5. The van der Waals surface area contributed by atoms with E-state index in [1.807, 2.05) is 36.1 Å². The largest absolute Gasteiger partial charge is 0.497 e. The van der Waals surface area contributed by atoms with Gasteiger partial charge in [0.25, 0.3) is 0 Å². The van der Waals surface area contributed by atoms with Gasteiger partial charge in [0.15, 0.2) is 10.8 Å². The smallest absolute Gasteiger partial charge is 0.233 e. The van der Waals surface area contributed by atoms with Crippen LogP contribution in [0.1, 0.15) is 25.5 Å². The summed E-state index contributed by atoms with van der Waals surface area (Å²) in [6.07, 6.45) is 2.10. The molecule has 0 spiro atoms. The molecule has 2 N–H and O–H groups in total. The third-order valence-corrected chi connectivity index (χ3v) is 6.48. The Labute approximate surface area is 179 Å². The number of nitrogens with zero attached hydrogens (tertiary/aromatic N) is 4. The van der Waals surface area contributed by atoms with Crippen LogP contribution in [0.3, 0.4) is 0 Å². The topological polar surface area (TPSA) is 99.9 Å². The zero-order valence-electron chi connectivity index (χ0n) is 17.4. The van der Waals surface area contributed by atoms with Gasteiger partial charge in [-0.1, -0.05) is 24.8 Å². The highest BCUT2D eigenvalue weighted by Gasteiger charge is 2.22. The number of methoxy groups -OCH3 is 1. The summed E-state index contributed by atoms with van der Waals surface area (Å²) in [6.45, 7) is 5.73. The second kappa shape index (κ2) is 8.51. The maximum Gasteiger partial charge on any atom is 0.233 e. The Morgan fingerprint density at radius 1 is 1.37 bits per heavy atom. The molecule has 1 amide bonds. The highest BCUT2D eigenvalue weighted by atomic mass is 32.2. The molecule has 3 aromatic rings. The summed E-state index contributed by atoms with van der Waals surface area (Å²) in [7, 11) is 1.61. The number of fused-ring (bicyclic) bond motifs is 1. The van der Waals surface area contributed by atoms with Crippen LogP contribution >= 0.6 is 11.8 Å². The van der Waals surface area contributed by atoms with Crippen molar-refractivity contribution in [3.63, 3.8) is 0 Å². The molecule has 1 aliphatic rings. The fourth-order valence-corrected chi connectivity index (χ4v) is 4.60. The fraction of sp³-hybridized carbons (Fsp3) is 0.429. The van der Waals surface area contributed by atoms with Crippen LogP contribution in [0.15, 0.2) is 29.4 Å². The predicted octanol–water partition coefficient (Wildman–Crippen LogP) is 2.90. The van der Waals surface area contributed by atoms with Gasteiger partial charge in [0, 0.05) is 24.8 Å². The summed E-state index contributed by atoms with van der Waals surface area (Å²) in [5, 5.41) is 17.2. The number of likely N-dealkylation sites (tertiary alicyclic amines) is 1. The SMILES string of the molecule is COc1cccc(-n2c(SCC(=O)N3CCC(C)CC3)nc3n[nH]c(C)c3c2=N)c1. The Morgan fingerprint density at radius 2 is 2.13 bits per heavy atom. The molecule has 158 valence electrons. The minimum Gasteiger partial charge on any atom is -0.497 e. The van der Waals surface area contributed by atoms with E-state index in [9.17, 15) is 4.79 Å². The van der Waals surface area contributed by atoms with Crippen LogP contribution in [0.4, 0.5) is 0 Å². The van der Waals surface area contributed by atoms with Gasteiger partial charge < -0.3 is 9.64 Å². The number of hydrogen-bond acceptors (Lipinski definition) is 6. The number of aryl methyl sites for hydroxylation is 1. The van der Waals surface area contributed by atoms with Crippen molar-refractivity contribution in [1.29, 1.82) is 5.41 Å². The molecule has 0 bridgehead atoms. The highest BCUT2D eigenvalue weighted by molar-refractivity contribution is 7.99. The zero-order chi connectivity index (χ0) is 21.3. The summed E-state index contributed by atoms with van der Waals surface area (Å²) in [4.78, 5) is 19.4. The van der Waals surface area contributed by atoms with E-state index in [0.29, 0.717) is 27.9 Å². The molecule has 0 aliphatic carbocycles. The monoisotopic (exact) mass is 426 g/mol. The average molecular weight is 427 g/mol. The molecule has 1 saturated heterocycles. The van der Waals surface area contributed by atoms with Crippen LogP contribution in [0, 0.1) is 18.3 Å². The van der Waals surface area contributed by atoms with Crippen molar-refractivity contribution >= 4 is 28.7 Å². The number of nitrogens with one attached hydrogen (secondary N) is 2. The fourth-order valence-electron chi connectivity index (χ4n) is 3.69. The minimum absolute atomic E-state index is 0.107. The Balaban J connectivity index is 1.69. The number of piperidine rings is 1. The van der Waals surface area contributed by atoms with Gasteiger partial charge in [-0.2, -0.15) is 5.10 Å². The van der Waals surface area contributed by atoms with Crippen LogP contribution in [0.25, 0.3) is 16.7 Å². The first-order valence-corrected chi connectivity index (χ1v) is 11.0. The molecule has 1 aromatic carbocycles. The summed E-state index contributed by atoms with van der Waals surface area (Å²) in [6, 6.07) is 7.50. The molecule has 30 heavy (non-hydrogen) atoms. The van der Waals surface area contributed by atoms with Crippen LogP contribution < -0.4 is 10.2 Å². The number of carbonyl (C=O) groups is 1. The van der Waals surface area contributed by atoms with E-state index in [1.165, 1.54) is 11.8 Å². The van der Waals surface area contributed by atoms with Gasteiger partial charge >= 0.3 is 0 Å². The van der Waals surface area contributed by atoms with E-state index in [0.717, 1.165) is 37.3 Å². The van der Waals surface area contributed by atoms with Crippen molar-refractivity contribution < 1.29 is 9.53 Å². The van der Waals surface area contributed by atoms with Gasteiger partial charge in [0.1, 0.15) is 11.2 Å². The number of aromatic nitrogens is 4. The van der Waals surface area contributed by atoms with Crippen molar-refractivity contribution in [3.05, 3.63) is 35.4 Å². The number of carbonyl (C=O) groups excluding carboxylic acids is 1. The van der Waals surface area contributed by atoms with Crippen LogP contribution in [-0.2, 0) is 4.79 Å². The van der Waals surface area contributed by atoms with E-state index in [4.69, 9.17) is 10.1 Å². The molecule has 2 aromatic heterocycles. The summed E-state index contributed by atoms with van der Waals surface area (Å²) >= 11 is 1.34.